The highest BCUT2D eigenvalue weighted by molar-refractivity contribution is 5.76. The van der Waals surface area contributed by atoms with Crippen molar-refractivity contribution in [3.63, 3.8) is 0 Å². The van der Waals surface area contributed by atoms with Crippen LogP contribution >= 0.6 is 0 Å². The summed E-state index contributed by atoms with van der Waals surface area (Å²) in [4.78, 5) is 11.0. The first-order valence-electron chi connectivity index (χ1n) is 4.38. The van der Waals surface area contributed by atoms with Gasteiger partial charge in [-0.2, -0.15) is 13.2 Å². The fourth-order valence-electron chi connectivity index (χ4n) is 0.983. The van der Waals surface area contributed by atoms with Crippen molar-refractivity contribution < 1.29 is 27.8 Å². The molecular formula is C10H9F3O3. The van der Waals surface area contributed by atoms with Crippen molar-refractivity contribution in [2.75, 3.05) is 0 Å². The van der Waals surface area contributed by atoms with E-state index >= 15 is 0 Å². The van der Waals surface area contributed by atoms with Gasteiger partial charge in [-0.3, -0.25) is 0 Å². The molecule has 3 nitrogen and oxygen atoms in total. The molecular weight excluding hydrogens is 225 g/mol. The van der Waals surface area contributed by atoms with Gasteiger partial charge in [-0.15, -0.1) is 0 Å². The van der Waals surface area contributed by atoms with E-state index in [0.717, 1.165) is 19.1 Å². The molecule has 0 spiro atoms. The zero-order valence-corrected chi connectivity index (χ0v) is 8.28. The van der Waals surface area contributed by atoms with Crippen LogP contribution in [0.5, 0.6) is 5.75 Å². The molecule has 0 heterocycles. The van der Waals surface area contributed by atoms with Crippen LogP contribution in [-0.2, 0) is 11.0 Å². The van der Waals surface area contributed by atoms with Gasteiger partial charge in [-0.05, 0) is 19.1 Å². The molecule has 0 unspecified atom stereocenters. The highest BCUT2D eigenvalue weighted by Crippen LogP contribution is 2.35. The Hall–Kier alpha value is -1.56. The predicted molar refractivity (Wildman–Crippen MR) is 48.8 cm³/mol. The number of carbonyl (C=O) groups excluding carboxylic acids is 1. The quantitative estimate of drug-likeness (QED) is 0.628. The monoisotopic (exact) mass is 234 g/mol. The first-order valence-corrected chi connectivity index (χ1v) is 4.38. The molecule has 0 aliphatic carbocycles. The maximum Gasteiger partial charge on any atom is 0.419 e. The van der Waals surface area contributed by atoms with E-state index in [-0.39, 0.29) is 0 Å². The second kappa shape index (κ2) is 4.52. The van der Waals surface area contributed by atoms with Gasteiger partial charge >= 0.3 is 12.1 Å². The standard InChI is InChI=1S/C10H9F3O3/c1-6(14)9(15)16-8-5-3-2-4-7(8)10(11,12)13/h2-6,14H,1H3/t6-/m1/s1. The Morgan fingerprint density at radius 1 is 1.38 bits per heavy atom. The number of aliphatic hydroxyl groups excluding tert-OH is 1. The van der Waals surface area contributed by atoms with Crippen LogP contribution in [0.15, 0.2) is 24.3 Å². The van der Waals surface area contributed by atoms with Gasteiger partial charge in [0.1, 0.15) is 11.9 Å². The van der Waals surface area contributed by atoms with Crippen molar-refractivity contribution in [3.05, 3.63) is 29.8 Å². The Bertz CT molecular complexity index is 385. The number of benzene rings is 1. The van der Waals surface area contributed by atoms with E-state index in [1.165, 1.54) is 12.1 Å². The number of halogens is 3. The maximum atomic E-state index is 12.4. The molecule has 0 aromatic heterocycles. The lowest BCUT2D eigenvalue weighted by molar-refractivity contribution is -0.146. The van der Waals surface area contributed by atoms with Crippen molar-refractivity contribution in [3.8, 4) is 5.75 Å². The SMILES string of the molecule is C[C@@H](O)C(=O)Oc1ccccc1C(F)(F)F. The second-order valence-electron chi connectivity index (χ2n) is 3.09. The number of ether oxygens (including phenoxy) is 1. The van der Waals surface area contributed by atoms with Gasteiger partial charge in [0.15, 0.2) is 0 Å². The van der Waals surface area contributed by atoms with Crippen molar-refractivity contribution >= 4 is 5.97 Å². The van der Waals surface area contributed by atoms with Gasteiger partial charge in [-0.25, -0.2) is 4.79 Å². The van der Waals surface area contributed by atoms with Gasteiger partial charge in [0.25, 0.3) is 0 Å². The molecule has 88 valence electrons. The summed E-state index contributed by atoms with van der Waals surface area (Å²) in [5.41, 5.74) is -1.05. The summed E-state index contributed by atoms with van der Waals surface area (Å²) in [6.07, 6.45) is -6.07. The highest BCUT2D eigenvalue weighted by atomic mass is 19.4. The molecule has 0 fully saturated rings. The maximum absolute atomic E-state index is 12.4. The first kappa shape index (κ1) is 12.5. The van der Waals surface area contributed by atoms with E-state index in [0.29, 0.717) is 0 Å². The summed E-state index contributed by atoms with van der Waals surface area (Å²) < 4.78 is 41.8. The smallest absolute Gasteiger partial charge is 0.419 e. The molecule has 1 rings (SSSR count). The van der Waals surface area contributed by atoms with Crippen molar-refractivity contribution in [2.24, 2.45) is 0 Å². The Morgan fingerprint density at radius 3 is 2.44 bits per heavy atom. The van der Waals surface area contributed by atoms with Crippen LogP contribution in [-0.4, -0.2) is 17.2 Å². The normalized spacial score (nSPS) is 13.3. The van der Waals surface area contributed by atoms with Crippen LogP contribution in [0.3, 0.4) is 0 Å². The van der Waals surface area contributed by atoms with Crippen LogP contribution in [0.25, 0.3) is 0 Å². The molecule has 0 aliphatic heterocycles. The van der Waals surface area contributed by atoms with Crippen LogP contribution < -0.4 is 4.74 Å². The third-order valence-electron chi connectivity index (χ3n) is 1.74. The third kappa shape index (κ3) is 2.96. The Kier molecular flexibility index (Phi) is 3.54. The Labute approximate surface area is 89.5 Å². The zero-order valence-electron chi connectivity index (χ0n) is 8.28. The summed E-state index contributed by atoms with van der Waals surface area (Å²) in [6.45, 7) is 1.11. The number of hydrogen-bond acceptors (Lipinski definition) is 3. The fourth-order valence-corrected chi connectivity index (χ4v) is 0.983. The Morgan fingerprint density at radius 2 is 1.94 bits per heavy atom. The number of aliphatic hydroxyl groups is 1. The van der Waals surface area contributed by atoms with E-state index in [1.54, 1.807) is 0 Å². The number of alkyl halides is 3. The lowest BCUT2D eigenvalue weighted by Gasteiger charge is -2.12. The van der Waals surface area contributed by atoms with E-state index < -0.39 is 29.6 Å². The minimum Gasteiger partial charge on any atom is -0.424 e. The van der Waals surface area contributed by atoms with Gasteiger partial charge in [0.05, 0.1) is 5.56 Å². The summed E-state index contributed by atoms with van der Waals surface area (Å²) in [6, 6.07) is 4.30. The lowest BCUT2D eigenvalue weighted by atomic mass is 10.2. The third-order valence-corrected chi connectivity index (χ3v) is 1.74. The first-order chi connectivity index (χ1) is 7.32. The molecule has 0 saturated heterocycles. The Balaban J connectivity index is 3.01. The van der Waals surface area contributed by atoms with Crippen LogP contribution in [0.2, 0.25) is 0 Å². The van der Waals surface area contributed by atoms with Crippen LogP contribution in [0.4, 0.5) is 13.2 Å². The minimum atomic E-state index is -4.60. The molecule has 0 bridgehead atoms. The molecule has 1 aromatic carbocycles. The van der Waals surface area contributed by atoms with Crippen molar-refractivity contribution in [1.82, 2.24) is 0 Å². The number of esters is 1. The molecule has 0 radical (unpaired) electrons. The minimum absolute atomic E-state index is 0.610. The topological polar surface area (TPSA) is 46.5 Å². The summed E-state index contributed by atoms with van der Waals surface area (Å²) in [7, 11) is 0. The van der Waals surface area contributed by atoms with Crippen LogP contribution in [0.1, 0.15) is 12.5 Å². The van der Waals surface area contributed by atoms with Gasteiger partial charge in [-0.1, -0.05) is 12.1 Å². The van der Waals surface area contributed by atoms with Crippen molar-refractivity contribution in [2.45, 2.75) is 19.2 Å². The largest absolute Gasteiger partial charge is 0.424 e. The molecule has 1 aromatic rings. The second-order valence-corrected chi connectivity index (χ2v) is 3.09. The molecule has 0 aliphatic rings. The molecule has 16 heavy (non-hydrogen) atoms. The zero-order chi connectivity index (χ0) is 12.3. The number of para-hydroxylation sites is 1. The number of carbonyl (C=O) groups is 1. The number of hydrogen-bond donors (Lipinski definition) is 1. The van der Waals surface area contributed by atoms with E-state index in [2.05, 4.69) is 4.74 Å². The number of rotatable bonds is 2. The summed E-state index contributed by atoms with van der Waals surface area (Å²) >= 11 is 0. The van der Waals surface area contributed by atoms with Crippen molar-refractivity contribution in [1.29, 1.82) is 0 Å². The highest BCUT2D eigenvalue weighted by Gasteiger charge is 2.34. The molecule has 1 atom stereocenters. The predicted octanol–water partition coefficient (Wildman–Crippen LogP) is 1.99. The average molecular weight is 234 g/mol. The van der Waals surface area contributed by atoms with E-state index in [1.807, 2.05) is 0 Å². The summed E-state index contributed by atoms with van der Waals surface area (Å²) in [5.74, 6) is -1.74. The summed E-state index contributed by atoms with van der Waals surface area (Å²) in [5, 5.41) is 8.82. The lowest BCUT2D eigenvalue weighted by Crippen LogP contribution is -2.23. The molecule has 1 N–H and O–H groups in total. The van der Waals surface area contributed by atoms with Crippen LogP contribution in [0, 0.1) is 0 Å². The van der Waals surface area contributed by atoms with E-state index in [9.17, 15) is 18.0 Å². The molecule has 6 heteroatoms. The molecule has 0 saturated carbocycles. The van der Waals surface area contributed by atoms with Gasteiger partial charge in [0.2, 0.25) is 0 Å². The molecule has 0 amide bonds. The average Bonchev–Trinajstić information content (AvgIpc) is 2.16. The fraction of sp³-hybridized carbons (Fsp3) is 0.300. The van der Waals surface area contributed by atoms with E-state index in [4.69, 9.17) is 5.11 Å². The van der Waals surface area contributed by atoms with Gasteiger partial charge in [0, 0.05) is 0 Å². The van der Waals surface area contributed by atoms with Gasteiger partial charge < -0.3 is 9.84 Å².